The van der Waals surface area contributed by atoms with Gasteiger partial charge in [-0.25, -0.2) is 4.79 Å². The predicted octanol–water partition coefficient (Wildman–Crippen LogP) is 4.54. The van der Waals surface area contributed by atoms with Crippen molar-refractivity contribution >= 4 is 28.9 Å². The van der Waals surface area contributed by atoms with Crippen LogP contribution in [0, 0.1) is 6.92 Å². The van der Waals surface area contributed by atoms with E-state index in [2.05, 4.69) is 4.98 Å². The van der Waals surface area contributed by atoms with Crippen LogP contribution in [0.1, 0.15) is 30.0 Å². The van der Waals surface area contributed by atoms with Crippen molar-refractivity contribution in [3.63, 3.8) is 0 Å². The van der Waals surface area contributed by atoms with Gasteiger partial charge in [0.25, 0.3) is 5.91 Å². The number of carbonyl (C=O) groups is 2. The summed E-state index contributed by atoms with van der Waals surface area (Å²) in [5, 5.41) is 0.995. The largest absolute Gasteiger partial charge is 0.452 e. The molecule has 1 amide bonds. The average Bonchev–Trinajstić information content (AvgIpc) is 2.77. The van der Waals surface area contributed by atoms with Gasteiger partial charge < -0.3 is 9.64 Å². The lowest BCUT2D eigenvalue weighted by Gasteiger charge is -2.22. The number of carbonyl (C=O) groups excluding carboxylic acids is 2. The smallest absolute Gasteiger partial charge is 0.331 e. The molecule has 0 saturated heterocycles. The monoisotopic (exact) mass is 402 g/mol. The van der Waals surface area contributed by atoms with E-state index in [4.69, 9.17) is 4.74 Å². The fraction of sp³-hybridized carbons (Fsp3) is 0.240. The third kappa shape index (κ3) is 5.77. The summed E-state index contributed by atoms with van der Waals surface area (Å²) in [5.74, 6) is -0.755. The zero-order valence-corrected chi connectivity index (χ0v) is 17.4. The quantitative estimate of drug-likeness (QED) is 0.410. The van der Waals surface area contributed by atoms with Crippen LogP contribution in [-0.2, 0) is 20.9 Å². The molecule has 0 saturated carbocycles. The number of aryl methyl sites for hydroxylation is 1. The van der Waals surface area contributed by atoms with E-state index in [-0.39, 0.29) is 12.5 Å². The van der Waals surface area contributed by atoms with Crippen LogP contribution >= 0.6 is 0 Å². The number of benzene rings is 2. The molecule has 1 aromatic heterocycles. The van der Waals surface area contributed by atoms with Crippen molar-refractivity contribution in [2.45, 2.75) is 26.8 Å². The van der Waals surface area contributed by atoms with Gasteiger partial charge in [0.2, 0.25) is 0 Å². The summed E-state index contributed by atoms with van der Waals surface area (Å²) < 4.78 is 5.18. The molecule has 0 aliphatic rings. The molecule has 2 aromatic carbocycles. The molecule has 5 nitrogen and oxygen atoms in total. The number of amides is 1. The van der Waals surface area contributed by atoms with Gasteiger partial charge in [-0.3, -0.25) is 9.78 Å². The maximum Gasteiger partial charge on any atom is 0.331 e. The standard InChI is InChI=1S/C25H26N2O3/c1-3-16-27(17-20-11-9-19(2)10-12-20)23(28)18-30-24(29)14-13-22-7-4-6-21-8-5-15-26-25(21)22/h4-15H,3,16-18H2,1-2H3/b14-13-. The summed E-state index contributed by atoms with van der Waals surface area (Å²) in [4.78, 5) is 30.8. The molecule has 154 valence electrons. The number of aromatic nitrogens is 1. The first-order valence-corrected chi connectivity index (χ1v) is 10.1. The number of fused-ring (bicyclic) bond motifs is 1. The molecule has 1 heterocycles. The molecular weight excluding hydrogens is 376 g/mol. The number of nitrogens with zero attached hydrogens (tertiary/aromatic N) is 2. The summed E-state index contributed by atoms with van der Waals surface area (Å²) >= 11 is 0. The molecule has 0 spiro atoms. The Morgan fingerprint density at radius 2 is 1.83 bits per heavy atom. The molecule has 0 radical (unpaired) electrons. The van der Waals surface area contributed by atoms with Crippen LogP contribution in [0.5, 0.6) is 0 Å². The van der Waals surface area contributed by atoms with Crippen LogP contribution < -0.4 is 0 Å². The Bertz CT molecular complexity index is 1040. The van der Waals surface area contributed by atoms with Crippen molar-refractivity contribution in [1.29, 1.82) is 0 Å². The van der Waals surface area contributed by atoms with Crippen LogP contribution in [-0.4, -0.2) is 34.9 Å². The minimum atomic E-state index is -0.553. The number of para-hydroxylation sites is 1. The average molecular weight is 402 g/mol. The third-order valence-corrected chi connectivity index (χ3v) is 4.74. The van der Waals surface area contributed by atoms with E-state index in [0.29, 0.717) is 13.1 Å². The Hall–Kier alpha value is -3.47. The molecule has 0 aliphatic carbocycles. The van der Waals surface area contributed by atoms with Crippen molar-refractivity contribution in [2.24, 2.45) is 0 Å². The van der Waals surface area contributed by atoms with E-state index in [1.807, 2.05) is 68.4 Å². The zero-order chi connectivity index (χ0) is 21.3. The Morgan fingerprint density at radius 3 is 2.60 bits per heavy atom. The summed E-state index contributed by atoms with van der Waals surface area (Å²) in [6.07, 6.45) is 5.55. The van der Waals surface area contributed by atoms with Crippen molar-refractivity contribution < 1.29 is 14.3 Å². The van der Waals surface area contributed by atoms with E-state index in [0.717, 1.165) is 28.5 Å². The van der Waals surface area contributed by atoms with E-state index >= 15 is 0 Å². The molecular formula is C25H26N2O3. The number of ether oxygens (including phenoxy) is 1. The summed E-state index contributed by atoms with van der Waals surface area (Å²) in [6, 6.07) is 17.7. The van der Waals surface area contributed by atoms with E-state index in [1.165, 1.54) is 11.6 Å². The number of esters is 1. The maximum absolute atomic E-state index is 12.6. The van der Waals surface area contributed by atoms with Crippen LogP contribution in [0.2, 0.25) is 0 Å². The number of hydrogen-bond donors (Lipinski definition) is 0. The number of rotatable bonds is 8. The fourth-order valence-electron chi connectivity index (χ4n) is 3.17. The molecule has 0 N–H and O–H groups in total. The fourth-order valence-corrected chi connectivity index (χ4v) is 3.17. The molecule has 0 aliphatic heterocycles. The molecule has 5 heteroatoms. The maximum atomic E-state index is 12.6. The molecule has 3 rings (SSSR count). The van der Waals surface area contributed by atoms with Gasteiger partial charge >= 0.3 is 5.97 Å². The summed E-state index contributed by atoms with van der Waals surface area (Å²) in [5.41, 5.74) is 3.86. The van der Waals surface area contributed by atoms with E-state index in [1.54, 1.807) is 17.2 Å². The topological polar surface area (TPSA) is 59.5 Å². The first-order chi connectivity index (χ1) is 14.6. The highest BCUT2D eigenvalue weighted by molar-refractivity contribution is 5.93. The highest BCUT2D eigenvalue weighted by Gasteiger charge is 2.15. The highest BCUT2D eigenvalue weighted by atomic mass is 16.5. The molecule has 0 unspecified atom stereocenters. The van der Waals surface area contributed by atoms with Gasteiger partial charge in [-0.15, -0.1) is 0 Å². The lowest BCUT2D eigenvalue weighted by atomic mass is 10.1. The van der Waals surface area contributed by atoms with Crippen molar-refractivity contribution in [2.75, 3.05) is 13.2 Å². The van der Waals surface area contributed by atoms with Crippen LogP contribution in [0.25, 0.3) is 17.0 Å². The van der Waals surface area contributed by atoms with Crippen molar-refractivity contribution in [3.8, 4) is 0 Å². The van der Waals surface area contributed by atoms with Gasteiger partial charge in [-0.1, -0.05) is 61.0 Å². The van der Waals surface area contributed by atoms with Crippen LogP contribution in [0.3, 0.4) is 0 Å². The predicted molar refractivity (Wildman–Crippen MR) is 119 cm³/mol. The SMILES string of the molecule is CCCN(Cc1ccc(C)cc1)C(=O)COC(=O)/C=C\c1cccc2cccnc12. The van der Waals surface area contributed by atoms with Gasteiger partial charge in [0.1, 0.15) is 0 Å². The Labute approximate surface area is 177 Å². The van der Waals surface area contributed by atoms with Crippen LogP contribution in [0.15, 0.2) is 66.9 Å². The normalized spacial score (nSPS) is 11.0. The Kier molecular flexibility index (Phi) is 7.33. The number of pyridine rings is 1. The second-order valence-corrected chi connectivity index (χ2v) is 7.16. The molecule has 0 bridgehead atoms. The molecule has 3 aromatic rings. The van der Waals surface area contributed by atoms with Crippen LogP contribution in [0.4, 0.5) is 0 Å². The summed E-state index contributed by atoms with van der Waals surface area (Å²) in [7, 11) is 0. The van der Waals surface area contributed by atoms with Crippen molar-refractivity contribution in [3.05, 3.63) is 83.6 Å². The lowest BCUT2D eigenvalue weighted by Crippen LogP contribution is -2.34. The third-order valence-electron chi connectivity index (χ3n) is 4.74. The van der Waals surface area contributed by atoms with E-state index in [9.17, 15) is 9.59 Å². The Balaban J connectivity index is 1.58. The van der Waals surface area contributed by atoms with Gasteiger partial charge in [0.05, 0.1) is 5.52 Å². The van der Waals surface area contributed by atoms with E-state index < -0.39 is 5.97 Å². The lowest BCUT2D eigenvalue weighted by molar-refractivity contribution is -0.148. The first-order valence-electron chi connectivity index (χ1n) is 10.1. The van der Waals surface area contributed by atoms with Gasteiger partial charge in [-0.05, 0) is 31.1 Å². The zero-order valence-electron chi connectivity index (χ0n) is 17.4. The van der Waals surface area contributed by atoms with Gasteiger partial charge in [-0.2, -0.15) is 0 Å². The molecule has 30 heavy (non-hydrogen) atoms. The minimum absolute atomic E-state index is 0.203. The number of hydrogen-bond acceptors (Lipinski definition) is 4. The van der Waals surface area contributed by atoms with Gasteiger partial charge in [0.15, 0.2) is 6.61 Å². The van der Waals surface area contributed by atoms with Crippen molar-refractivity contribution in [1.82, 2.24) is 9.88 Å². The molecule has 0 fully saturated rings. The second kappa shape index (κ2) is 10.3. The van der Waals surface area contributed by atoms with Gasteiger partial charge in [0, 0.05) is 36.3 Å². The Morgan fingerprint density at radius 1 is 1.07 bits per heavy atom. The highest BCUT2D eigenvalue weighted by Crippen LogP contribution is 2.17. The summed E-state index contributed by atoms with van der Waals surface area (Å²) in [6.45, 7) is 4.88. The molecule has 0 atom stereocenters. The minimum Gasteiger partial charge on any atom is -0.452 e. The second-order valence-electron chi connectivity index (χ2n) is 7.16. The first kappa shape index (κ1) is 21.2.